The molecule has 0 aliphatic rings. The molecule has 0 atom stereocenters. The molecule has 0 saturated carbocycles. The Labute approximate surface area is 154 Å². The van der Waals surface area contributed by atoms with Gasteiger partial charge < -0.3 is 4.57 Å². The lowest BCUT2D eigenvalue weighted by atomic mass is 10.3. The Kier molecular flexibility index (Phi) is 4.07. The van der Waals surface area contributed by atoms with Gasteiger partial charge in [-0.3, -0.25) is 4.79 Å². The summed E-state index contributed by atoms with van der Waals surface area (Å²) >= 11 is 6.48. The average molecular weight is 418 g/mol. The second-order valence-corrected chi connectivity index (χ2v) is 8.01. The minimum atomic E-state index is -0.291. The van der Waals surface area contributed by atoms with Crippen molar-refractivity contribution in [2.24, 2.45) is 4.99 Å². The lowest BCUT2D eigenvalue weighted by Gasteiger charge is -2.01. The van der Waals surface area contributed by atoms with Crippen LogP contribution in [0.15, 0.2) is 51.9 Å². The van der Waals surface area contributed by atoms with Gasteiger partial charge in [-0.2, -0.15) is 4.99 Å². The van der Waals surface area contributed by atoms with Crippen LogP contribution in [0.1, 0.15) is 16.7 Å². The highest BCUT2D eigenvalue weighted by Gasteiger charge is 2.13. The molecule has 4 aromatic rings. The van der Waals surface area contributed by atoms with Crippen molar-refractivity contribution in [3.05, 3.63) is 56.7 Å². The molecule has 4 rings (SSSR count). The second kappa shape index (κ2) is 6.23. The highest BCUT2D eigenvalue weighted by Crippen LogP contribution is 2.26. The third kappa shape index (κ3) is 2.62. The van der Waals surface area contributed by atoms with Gasteiger partial charge in [0.1, 0.15) is 0 Å². The number of hydrogen-bond donors (Lipinski definition) is 0. The molecule has 0 fully saturated rings. The summed E-state index contributed by atoms with van der Waals surface area (Å²) in [5.74, 6) is -0.291. The number of nitrogens with zero attached hydrogens (tertiary/aromatic N) is 3. The van der Waals surface area contributed by atoms with E-state index in [9.17, 15) is 4.79 Å². The van der Waals surface area contributed by atoms with Crippen LogP contribution in [0.4, 0.5) is 0 Å². The Morgan fingerprint density at radius 1 is 1.17 bits per heavy atom. The summed E-state index contributed by atoms with van der Waals surface area (Å²) in [6.07, 6.45) is 0. The number of aromatic nitrogens is 2. The Morgan fingerprint density at radius 2 is 1.96 bits per heavy atom. The fraction of sp³-hybridized carbons (Fsp3) is 0.118. The Bertz CT molecular complexity index is 1110. The molecule has 0 radical (unpaired) electrons. The molecule has 0 saturated heterocycles. The van der Waals surface area contributed by atoms with Crippen molar-refractivity contribution in [1.82, 2.24) is 9.55 Å². The first-order chi connectivity index (χ1) is 11.7. The molecule has 0 unspecified atom stereocenters. The molecular formula is C17H12BrN3OS2. The SMILES string of the molecule is CCn1c(=NC(=O)c2nc3ccccc3s2)sc2cccc(Br)c21. The quantitative estimate of drug-likeness (QED) is 0.468. The number of para-hydroxylation sites is 2. The summed E-state index contributed by atoms with van der Waals surface area (Å²) in [7, 11) is 0. The molecule has 0 N–H and O–H groups in total. The number of halogens is 1. The molecular weight excluding hydrogens is 406 g/mol. The zero-order valence-electron chi connectivity index (χ0n) is 12.7. The number of hydrogen-bond acceptors (Lipinski definition) is 4. The normalized spacial score (nSPS) is 12.3. The molecule has 4 nitrogen and oxygen atoms in total. The van der Waals surface area contributed by atoms with Crippen molar-refractivity contribution < 1.29 is 4.79 Å². The number of thiazole rings is 2. The van der Waals surface area contributed by atoms with E-state index in [4.69, 9.17) is 0 Å². The molecule has 7 heteroatoms. The fourth-order valence-corrected chi connectivity index (χ4v) is 5.24. The van der Waals surface area contributed by atoms with Crippen molar-refractivity contribution >= 4 is 64.9 Å². The molecule has 2 aromatic heterocycles. The lowest BCUT2D eigenvalue weighted by Crippen LogP contribution is -2.16. The number of rotatable bonds is 2. The van der Waals surface area contributed by atoms with Crippen molar-refractivity contribution in [3.63, 3.8) is 0 Å². The van der Waals surface area contributed by atoms with E-state index in [1.807, 2.05) is 49.4 Å². The summed E-state index contributed by atoms with van der Waals surface area (Å²) in [5.41, 5.74) is 1.91. The minimum absolute atomic E-state index is 0.291. The number of aryl methyl sites for hydroxylation is 1. The molecule has 0 spiro atoms. The van der Waals surface area contributed by atoms with Crippen molar-refractivity contribution in [1.29, 1.82) is 0 Å². The highest BCUT2D eigenvalue weighted by molar-refractivity contribution is 9.10. The summed E-state index contributed by atoms with van der Waals surface area (Å²) in [4.78, 5) is 22.0. The van der Waals surface area contributed by atoms with E-state index >= 15 is 0 Å². The third-order valence-corrected chi connectivity index (χ3v) is 6.35. The topological polar surface area (TPSA) is 47.2 Å². The van der Waals surface area contributed by atoms with E-state index in [1.165, 1.54) is 22.7 Å². The summed E-state index contributed by atoms with van der Waals surface area (Å²) < 4.78 is 5.16. The summed E-state index contributed by atoms with van der Waals surface area (Å²) in [5, 5.41) is 0.426. The van der Waals surface area contributed by atoms with Gasteiger partial charge in [0, 0.05) is 11.0 Å². The molecule has 0 aliphatic carbocycles. The predicted molar refractivity (Wildman–Crippen MR) is 103 cm³/mol. The van der Waals surface area contributed by atoms with Gasteiger partial charge in [-0.1, -0.05) is 29.5 Å². The summed E-state index contributed by atoms with van der Waals surface area (Å²) in [6, 6.07) is 13.8. The summed E-state index contributed by atoms with van der Waals surface area (Å²) in [6.45, 7) is 2.79. The first-order valence-corrected chi connectivity index (χ1v) is 9.82. The number of amides is 1. The van der Waals surface area contributed by atoms with E-state index < -0.39 is 0 Å². The Balaban J connectivity index is 1.87. The number of carbonyl (C=O) groups is 1. The van der Waals surface area contributed by atoms with Crippen LogP contribution < -0.4 is 4.80 Å². The van der Waals surface area contributed by atoms with E-state index in [2.05, 4.69) is 30.5 Å². The molecule has 0 aliphatic heterocycles. The van der Waals surface area contributed by atoms with E-state index in [0.29, 0.717) is 9.81 Å². The van der Waals surface area contributed by atoms with Crippen LogP contribution in [0, 0.1) is 0 Å². The standard InChI is InChI=1S/C17H12BrN3OS2/c1-2-21-14-10(18)6-5-9-13(14)24-17(21)20-15(22)16-19-11-7-3-4-8-12(11)23-16/h3-9H,2H2,1H3. The fourth-order valence-electron chi connectivity index (χ4n) is 2.56. The second-order valence-electron chi connectivity index (χ2n) is 5.12. The van der Waals surface area contributed by atoms with Crippen molar-refractivity contribution in [2.75, 3.05) is 0 Å². The van der Waals surface area contributed by atoms with Crippen LogP contribution in [0.2, 0.25) is 0 Å². The molecule has 0 bridgehead atoms. The number of fused-ring (bicyclic) bond motifs is 2. The molecule has 2 aromatic carbocycles. The highest BCUT2D eigenvalue weighted by atomic mass is 79.9. The molecule has 24 heavy (non-hydrogen) atoms. The maximum Gasteiger partial charge on any atom is 0.308 e. The van der Waals surface area contributed by atoms with Gasteiger partial charge >= 0.3 is 5.91 Å². The van der Waals surface area contributed by atoms with Crippen LogP contribution in [0.25, 0.3) is 20.4 Å². The largest absolute Gasteiger partial charge is 0.316 e. The first kappa shape index (κ1) is 15.7. The maximum atomic E-state index is 12.6. The smallest absolute Gasteiger partial charge is 0.308 e. The van der Waals surface area contributed by atoms with E-state index in [0.717, 1.165) is 31.5 Å². The molecule has 120 valence electrons. The Hall–Kier alpha value is -1.83. The third-order valence-electron chi connectivity index (χ3n) is 3.64. The predicted octanol–water partition coefficient (Wildman–Crippen LogP) is 4.84. The van der Waals surface area contributed by atoms with Gasteiger partial charge in [0.15, 0.2) is 9.81 Å². The van der Waals surface area contributed by atoms with E-state index in [-0.39, 0.29) is 5.91 Å². The van der Waals surface area contributed by atoms with Crippen LogP contribution in [0.5, 0.6) is 0 Å². The average Bonchev–Trinajstić information content (AvgIpc) is 3.16. The van der Waals surface area contributed by atoms with Gasteiger partial charge in [-0.25, -0.2) is 4.98 Å². The Morgan fingerprint density at radius 3 is 2.75 bits per heavy atom. The maximum absolute atomic E-state index is 12.6. The van der Waals surface area contributed by atoms with Crippen LogP contribution >= 0.6 is 38.6 Å². The monoisotopic (exact) mass is 417 g/mol. The van der Waals surface area contributed by atoms with Gasteiger partial charge in [-0.15, -0.1) is 11.3 Å². The molecule has 2 heterocycles. The minimum Gasteiger partial charge on any atom is -0.316 e. The van der Waals surface area contributed by atoms with Crippen molar-refractivity contribution in [2.45, 2.75) is 13.5 Å². The lowest BCUT2D eigenvalue weighted by molar-refractivity contribution is 0.0997. The van der Waals surface area contributed by atoms with Crippen LogP contribution in [-0.4, -0.2) is 15.5 Å². The van der Waals surface area contributed by atoms with Gasteiger partial charge in [0.2, 0.25) is 0 Å². The van der Waals surface area contributed by atoms with Gasteiger partial charge in [-0.05, 0) is 47.1 Å². The van der Waals surface area contributed by atoms with Crippen LogP contribution in [0.3, 0.4) is 0 Å². The van der Waals surface area contributed by atoms with Crippen molar-refractivity contribution in [3.8, 4) is 0 Å². The van der Waals surface area contributed by atoms with Gasteiger partial charge in [0.05, 0.1) is 20.4 Å². The first-order valence-electron chi connectivity index (χ1n) is 7.40. The van der Waals surface area contributed by atoms with E-state index in [1.54, 1.807) is 0 Å². The van der Waals surface area contributed by atoms with Gasteiger partial charge in [0.25, 0.3) is 0 Å². The zero-order chi connectivity index (χ0) is 16.7. The molecule has 1 amide bonds. The number of carbonyl (C=O) groups excluding carboxylic acids is 1. The number of benzene rings is 2. The van der Waals surface area contributed by atoms with Crippen LogP contribution in [-0.2, 0) is 6.54 Å². The zero-order valence-corrected chi connectivity index (χ0v) is 15.9.